The van der Waals surface area contributed by atoms with E-state index in [9.17, 15) is 8.78 Å². The van der Waals surface area contributed by atoms with Crippen molar-refractivity contribution in [2.75, 3.05) is 0 Å². The average molecular weight is 212 g/mol. The fraction of sp³-hybridized carbons (Fsp3) is 0.545. The number of pyridine rings is 1. The van der Waals surface area contributed by atoms with Crippen LogP contribution in [0.2, 0.25) is 0 Å². The fourth-order valence-corrected chi connectivity index (χ4v) is 1.33. The first kappa shape index (κ1) is 10.5. The van der Waals surface area contributed by atoms with E-state index in [1.807, 2.05) is 0 Å². The molecule has 0 saturated heterocycles. The third-order valence-electron chi connectivity index (χ3n) is 2.48. The van der Waals surface area contributed by atoms with E-state index in [2.05, 4.69) is 10.3 Å². The molecular formula is C11H14F2N2. The third kappa shape index (κ3) is 2.96. The molecule has 1 N–H and O–H groups in total. The van der Waals surface area contributed by atoms with Crippen LogP contribution in [-0.2, 0) is 12.5 Å². The minimum atomic E-state index is -2.80. The van der Waals surface area contributed by atoms with Gasteiger partial charge in [-0.05, 0) is 25.0 Å². The highest BCUT2D eigenvalue weighted by atomic mass is 19.3. The van der Waals surface area contributed by atoms with E-state index in [0.29, 0.717) is 12.6 Å². The maximum absolute atomic E-state index is 12.9. The lowest BCUT2D eigenvalue weighted by atomic mass is 10.1. The van der Waals surface area contributed by atoms with Crippen molar-refractivity contribution in [3.05, 3.63) is 29.6 Å². The highest BCUT2D eigenvalue weighted by Crippen LogP contribution is 2.26. The molecule has 1 aromatic heterocycles. The summed E-state index contributed by atoms with van der Waals surface area (Å²) in [6.45, 7) is 1.55. The van der Waals surface area contributed by atoms with E-state index in [4.69, 9.17) is 0 Å². The molecule has 0 unspecified atom stereocenters. The van der Waals surface area contributed by atoms with Gasteiger partial charge in [-0.3, -0.25) is 4.98 Å². The molecule has 82 valence electrons. The molecule has 1 saturated carbocycles. The predicted molar refractivity (Wildman–Crippen MR) is 53.7 cm³/mol. The Bertz CT molecular complexity index is 325. The summed E-state index contributed by atoms with van der Waals surface area (Å²) in [4.78, 5) is 4.00. The van der Waals surface area contributed by atoms with Gasteiger partial charge >= 0.3 is 0 Å². The zero-order chi connectivity index (χ0) is 10.9. The zero-order valence-electron chi connectivity index (χ0n) is 8.63. The van der Waals surface area contributed by atoms with Gasteiger partial charge in [-0.2, -0.15) is 0 Å². The van der Waals surface area contributed by atoms with E-state index in [-0.39, 0.29) is 5.56 Å². The molecule has 2 nitrogen and oxygen atoms in total. The molecule has 1 aliphatic carbocycles. The van der Waals surface area contributed by atoms with Gasteiger partial charge in [0.05, 0.1) is 5.69 Å². The summed E-state index contributed by atoms with van der Waals surface area (Å²) in [5.41, 5.74) is 0.785. The van der Waals surface area contributed by atoms with Crippen LogP contribution in [0.25, 0.3) is 0 Å². The Morgan fingerprint density at radius 2 is 2.20 bits per heavy atom. The van der Waals surface area contributed by atoms with Crippen LogP contribution in [0.1, 0.15) is 31.0 Å². The summed E-state index contributed by atoms with van der Waals surface area (Å²) < 4.78 is 25.7. The van der Waals surface area contributed by atoms with E-state index >= 15 is 0 Å². The molecule has 1 fully saturated rings. The Hall–Kier alpha value is -1.03. The normalized spacial score (nSPS) is 16.7. The van der Waals surface area contributed by atoms with Gasteiger partial charge in [0.1, 0.15) is 0 Å². The van der Waals surface area contributed by atoms with Gasteiger partial charge in [0.15, 0.2) is 0 Å². The minimum Gasteiger partial charge on any atom is -0.308 e. The fourth-order valence-electron chi connectivity index (χ4n) is 1.33. The van der Waals surface area contributed by atoms with Gasteiger partial charge in [-0.1, -0.05) is 0 Å². The molecule has 0 amide bonds. The number of rotatable bonds is 4. The number of nitrogens with one attached hydrogen (secondary N) is 1. The summed E-state index contributed by atoms with van der Waals surface area (Å²) in [7, 11) is 0. The topological polar surface area (TPSA) is 24.9 Å². The second-order valence-corrected chi connectivity index (χ2v) is 4.08. The van der Waals surface area contributed by atoms with Crippen LogP contribution in [0.5, 0.6) is 0 Å². The minimum absolute atomic E-state index is 0.0299. The number of nitrogens with zero attached hydrogens (tertiary/aromatic N) is 1. The van der Waals surface area contributed by atoms with Crippen LogP contribution in [0.15, 0.2) is 18.3 Å². The van der Waals surface area contributed by atoms with E-state index in [1.54, 1.807) is 6.07 Å². The Labute approximate surface area is 87.7 Å². The predicted octanol–water partition coefficient (Wildman–Crippen LogP) is 2.45. The smallest absolute Gasteiger partial charge is 0.272 e. The number of hydrogen-bond acceptors (Lipinski definition) is 2. The molecular weight excluding hydrogens is 198 g/mol. The van der Waals surface area contributed by atoms with Crippen molar-refractivity contribution in [1.29, 1.82) is 0 Å². The van der Waals surface area contributed by atoms with Crippen LogP contribution in [0, 0.1) is 0 Å². The number of aromatic nitrogens is 1. The largest absolute Gasteiger partial charge is 0.308 e. The van der Waals surface area contributed by atoms with Crippen LogP contribution in [0.3, 0.4) is 0 Å². The van der Waals surface area contributed by atoms with Gasteiger partial charge in [-0.25, -0.2) is 8.78 Å². The average Bonchev–Trinajstić information content (AvgIpc) is 2.97. The molecule has 1 aliphatic rings. The van der Waals surface area contributed by atoms with E-state index < -0.39 is 5.92 Å². The summed E-state index contributed by atoms with van der Waals surface area (Å²) in [6.07, 6.45) is 3.68. The van der Waals surface area contributed by atoms with E-state index in [1.165, 1.54) is 25.1 Å². The van der Waals surface area contributed by atoms with Gasteiger partial charge in [0, 0.05) is 31.3 Å². The van der Waals surface area contributed by atoms with Crippen molar-refractivity contribution in [2.45, 2.75) is 38.3 Å². The second kappa shape index (κ2) is 3.85. The second-order valence-electron chi connectivity index (χ2n) is 4.08. The lowest BCUT2D eigenvalue weighted by Gasteiger charge is -2.10. The zero-order valence-corrected chi connectivity index (χ0v) is 8.63. The Morgan fingerprint density at radius 1 is 1.47 bits per heavy atom. The van der Waals surface area contributed by atoms with Crippen molar-refractivity contribution in [1.82, 2.24) is 10.3 Å². The van der Waals surface area contributed by atoms with Crippen molar-refractivity contribution in [3.63, 3.8) is 0 Å². The van der Waals surface area contributed by atoms with Crippen LogP contribution in [0.4, 0.5) is 8.78 Å². The van der Waals surface area contributed by atoms with Crippen molar-refractivity contribution in [3.8, 4) is 0 Å². The SMILES string of the molecule is CC(F)(F)c1ccc(CNC2CC2)nc1. The molecule has 2 rings (SSSR count). The number of halogens is 2. The third-order valence-corrected chi connectivity index (χ3v) is 2.48. The highest BCUT2D eigenvalue weighted by molar-refractivity contribution is 5.18. The quantitative estimate of drug-likeness (QED) is 0.829. The van der Waals surface area contributed by atoms with Crippen LogP contribution in [-0.4, -0.2) is 11.0 Å². The summed E-state index contributed by atoms with van der Waals surface area (Å²) >= 11 is 0. The van der Waals surface area contributed by atoms with Gasteiger partial charge in [0.25, 0.3) is 5.92 Å². The molecule has 0 spiro atoms. The molecule has 15 heavy (non-hydrogen) atoms. The van der Waals surface area contributed by atoms with E-state index in [0.717, 1.165) is 12.6 Å². The number of alkyl halides is 2. The molecule has 1 aromatic rings. The summed E-state index contributed by atoms with van der Waals surface area (Å²) in [5, 5.41) is 3.28. The maximum atomic E-state index is 12.9. The molecule has 1 heterocycles. The standard InChI is InChI=1S/C11H14F2N2/c1-11(12,13)8-2-3-10(14-6-8)7-15-9-4-5-9/h2-3,6,9,15H,4-5,7H2,1H3. The molecule has 0 aliphatic heterocycles. The lowest BCUT2D eigenvalue weighted by Crippen LogP contribution is -2.16. The Kier molecular flexibility index (Phi) is 2.69. The molecule has 0 aromatic carbocycles. The van der Waals surface area contributed by atoms with Gasteiger partial charge in [-0.15, -0.1) is 0 Å². The first-order chi connectivity index (χ1) is 7.05. The maximum Gasteiger partial charge on any atom is 0.272 e. The molecule has 0 bridgehead atoms. The Morgan fingerprint density at radius 3 is 2.67 bits per heavy atom. The molecule has 0 radical (unpaired) electrons. The number of hydrogen-bond donors (Lipinski definition) is 1. The molecule has 0 atom stereocenters. The monoisotopic (exact) mass is 212 g/mol. The summed E-state index contributed by atoms with van der Waals surface area (Å²) in [6, 6.07) is 3.71. The van der Waals surface area contributed by atoms with Crippen molar-refractivity contribution >= 4 is 0 Å². The van der Waals surface area contributed by atoms with Crippen molar-refractivity contribution < 1.29 is 8.78 Å². The first-order valence-electron chi connectivity index (χ1n) is 5.12. The van der Waals surface area contributed by atoms with Gasteiger partial charge < -0.3 is 5.32 Å². The molecule has 4 heteroatoms. The first-order valence-corrected chi connectivity index (χ1v) is 5.12. The Balaban J connectivity index is 1.96. The van der Waals surface area contributed by atoms with Crippen molar-refractivity contribution in [2.24, 2.45) is 0 Å². The van der Waals surface area contributed by atoms with Crippen LogP contribution >= 0.6 is 0 Å². The van der Waals surface area contributed by atoms with Gasteiger partial charge in [0.2, 0.25) is 0 Å². The lowest BCUT2D eigenvalue weighted by molar-refractivity contribution is 0.0171. The van der Waals surface area contributed by atoms with Crippen LogP contribution < -0.4 is 5.32 Å². The highest BCUT2D eigenvalue weighted by Gasteiger charge is 2.24. The summed E-state index contributed by atoms with van der Waals surface area (Å²) in [5.74, 6) is -2.80.